The summed E-state index contributed by atoms with van der Waals surface area (Å²) in [6.07, 6.45) is 1.14. The van der Waals surface area contributed by atoms with Crippen LogP contribution in [0.2, 0.25) is 5.02 Å². The molecule has 32 heavy (non-hydrogen) atoms. The van der Waals surface area contributed by atoms with Crippen LogP contribution in [0.5, 0.6) is 0 Å². The van der Waals surface area contributed by atoms with Crippen molar-refractivity contribution in [2.24, 2.45) is 0 Å². The van der Waals surface area contributed by atoms with Crippen molar-refractivity contribution in [3.05, 3.63) is 52.8 Å². The summed E-state index contributed by atoms with van der Waals surface area (Å²) < 4.78 is 43.1. The molecule has 0 unspecified atom stereocenters. The second-order valence-electron chi connectivity index (χ2n) is 7.93. The Bertz CT molecular complexity index is 1110. The predicted octanol–water partition coefficient (Wildman–Crippen LogP) is 2.68. The number of halogens is 2. The molecule has 0 atom stereocenters. The second kappa shape index (κ2) is 9.25. The van der Waals surface area contributed by atoms with Crippen molar-refractivity contribution >= 4 is 38.7 Å². The highest BCUT2D eigenvalue weighted by molar-refractivity contribution is 7.90. The highest BCUT2D eigenvalue weighted by atomic mass is 35.5. The van der Waals surface area contributed by atoms with Gasteiger partial charge in [-0.2, -0.15) is 0 Å². The summed E-state index contributed by atoms with van der Waals surface area (Å²) in [5.74, 6) is -0.667. The first-order valence-corrected chi connectivity index (χ1v) is 12.7. The highest BCUT2D eigenvalue weighted by Crippen LogP contribution is 2.28. The Morgan fingerprint density at radius 1 is 0.969 bits per heavy atom. The number of piperazine rings is 1. The summed E-state index contributed by atoms with van der Waals surface area (Å²) in [7, 11) is -3.45. The van der Waals surface area contributed by atoms with Gasteiger partial charge in [-0.1, -0.05) is 11.6 Å². The molecule has 0 saturated carbocycles. The minimum Gasteiger partial charge on any atom is -0.378 e. The van der Waals surface area contributed by atoms with Gasteiger partial charge in [0.15, 0.2) is 9.84 Å². The van der Waals surface area contributed by atoms with Gasteiger partial charge in [0.1, 0.15) is 5.82 Å². The number of sulfone groups is 1. The molecule has 2 aromatic rings. The molecule has 0 aromatic heterocycles. The summed E-state index contributed by atoms with van der Waals surface area (Å²) >= 11 is 5.91. The molecule has 7 nitrogen and oxygen atoms in total. The molecule has 4 rings (SSSR count). The number of morpholine rings is 1. The molecule has 0 radical (unpaired) electrons. The molecule has 2 saturated heterocycles. The van der Waals surface area contributed by atoms with E-state index in [1.165, 1.54) is 12.1 Å². The Morgan fingerprint density at radius 3 is 2.28 bits per heavy atom. The van der Waals surface area contributed by atoms with Crippen LogP contribution in [0, 0.1) is 5.82 Å². The van der Waals surface area contributed by atoms with E-state index in [9.17, 15) is 17.6 Å². The number of carbonyl (C=O) groups is 1. The maximum atomic E-state index is 13.5. The highest BCUT2D eigenvalue weighted by Gasteiger charge is 2.27. The lowest BCUT2D eigenvalue weighted by molar-refractivity contribution is 0.0746. The average Bonchev–Trinajstić information content (AvgIpc) is 2.80. The number of carbonyl (C=O) groups excluding carboxylic acids is 1. The fourth-order valence-corrected chi connectivity index (χ4v) is 4.84. The molecule has 0 spiro atoms. The van der Waals surface area contributed by atoms with Gasteiger partial charge in [0.05, 0.1) is 28.7 Å². The van der Waals surface area contributed by atoms with E-state index in [-0.39, 0.29) is 15.8 Å². The molecule has 0 bridgehead atoms. The molecular weight excluding hydrogens is 457 g/mol. The Morgan fingerprint density at radius 2 is 1.66 bits per heavy atom. The third-order valence-electron chi connectivity index (χ3n) is 5.81. The fraction of sp³-hybridized carbons (Fsp3) is 0.409. The third-order valence-corrected chi connectivity index (χ3v) is 7.21. The molecule has 2 aliphatic heterocycles. The first kappa shape index (κ1) is 22.8. The topological polar surface area (TPSA) is 70.2 Å². The second-order valence-corrected chi connectivity index (χ2v) is 10.4. The van der Waals surface area contributed by atoms with Crippen LogP contribution in [-0.2, 0) is 14.6 Å². The van der Waals surface area contributed by atoms with E-state index in [1.807, 2.05) is 4.90 Å². The molecule has 1 amide bonds. The van der Waals surface area contributed by atoms with E-state index >= 15 is 0 Å². The van der Waals surface area contributed by atoms with Gasteiger partial charge < -0.3 is 19.4 Å². The van der Waals surface area contributed by atoms with Crippen LogP contribution >= 0.6 is 11.6 Å². The van der Waals surface area contributed by atoms with Gasteiger partial charge in [0.25, 0.3) is 5.91 Å². The molecule has 2 aliphatic rings. The number of amides is 1. The Labute approximate surface area is 192 Å². The molecule has 2 fully saturated rings. The van der Waals surface area contributed by atoms with Crippen LogP contribution in [0.15, 0.2) is 41.3 Å². The summed E-state index contributed by atoms with van der Waals surface area (Å²) in [6.45, 7) is 4.42. The first-order chi connectivity index (χ1) is 15.2. The van der Waals surface area contributed by atoms with E-state index in [0.29, 0.717) is 58.0 Å². The van der Waals surface area contributed by atoms with E-state index in [2.05, 4.69) is 4.90 Å². The van der Waals surface area contributed by atoms with Gasteiger partial charge in [-0.25, -0.2) is 12.8 Å². The largest absolute Gasteiger partial charge is 0.378 e. The van der Waals surface area contributed by atoms with Crippen LogP contribution in [0.4, 0.5) is 15.8 Å². The summed E-state index contributed by atoms with van der Waals surface area (Å²) in [6, 6.07) is 9.33. The molecule has 172 valence electrons. The summed E-state index contributed by atoms with van der Waals surface area (Å²) in [5, 5.41) is 0.0637. The number of benzene rings is 2. The van der Waals surface area contributed by atoms with E-state index in [0.717, 1.165) is 17.6 Å². The zero-order valence-corrected chi connectivity index (χ0v) is 19.3. The van der Waals surface area contributed by atoms with Crippen LogP contribution in [0.25, 0.3) is 0 Å². The van der Waals surface area contributed by atoms with Crippen LogP contribution in [0.3, 0.4) is 0 Å². The van der Waals surface area contributed by atoms with Crippen LogP contribution in [-0.4, -0.2) is 78.0 Å². The number of ether oxygens (including phenoxy) is 1. The van der Waals surface area contributed by atoms with E-state index in [1.54, 1.807) is 29.2 Å². The van der Waals surface area contributed by atoms with Gasteiger partial charge in [-0.3, -0.25) is 4.79 Å². The molecule has 10 heteroatoms. The predicted molar refractivity (Wildman–Crippen MR) is 122 cm³/mol. The summed E-state index contributed by atoms with van der Waals surface area (Å²) in [5.41, 5.74) is 1.91. The normalized spacial score (nSPS) is 17.5. The Balaban J connectivity index is 1.56. The van der Waals surface area contributed by atoms with Crippen LogP contribution < -0.4 is 9.80 Å². The lowest BCUT2D eigenvalue weighted by atomic mass is 10.1. The lowest BCUT2D eigenvalue weighted by Crippen LogP contribution is -2.49. The number of nitrogens with zero attached hydrogens (tertiary/aromatic N) is 3. The maximum Gasteiger partial charge on any atom is 0.256 e. The van der Waals surface area contributed by atoms with Gasteiger partial charge in [0.2, 0.25) is 0 Å². The van der Waals surface area contributed by atoms with Crippen LogP contribution in [0.1, 0.15) is 10.4 Å². The first-order valence-electron chi connectivity index (χ1n) is 10.4. The van der Waals surface area contributed by atoms with E-state index < -0.39 is 15.7 Å². The number of hydrogen-bond donors (Lipinski definition) is 0. The molecule has 2 heterocycles. The van der Waals surface area contributed by atoms with Crippen molar-refractivity contribution in [2.45, 2.75) is 4.90 Å². The minimum atomic E-state index is -3.45. The summed E-state index contributed by atoms with van der Waals surface area (Å²) in [4.78, 5) is 19.4. The Kier molecular flexibility index (Phi) is 6.60. The molecule has 2 aromatic carbocycles. The zero-order chi connectivity index (χ0) is 22.9. The van der Waals surface area contributed by atoms with E-state index in [4.69, 9.17) is 16.3 Å². The Hall–Kier alpha value is -2.36. The molecule has 0 aliphatic carbocycles. The standard InChI is InChI=1S/C22H25ClFN3O4S/c1-32(29,30)17-3-5-21(26-10-12-31-13-11-26)18(15-17)22(28)27-8-6-25(7-9-27)16-2-4-20(24)19(23)14-16/h2-5,14-15H,6-13H2,1H3. The average molecular weight is 482 g/mol. The smallest absolute Gasteiger partial charge is 0.256 e. The van der Waals surface area contributed by atoms with Crippen molar-refractivity contribution < 1.29 is 22.3 Å². The van der Waals surface area contributed by atoms with Crippen molar-refractivity contribution in [1.29, 1.82) is 0 Å². The minimum absolute atomic E-state index is 0.0637. The van der Waals surface area contributed by atoms with Gasteiger partial charge in [-0.15, -0.1) is 0 Å². The molecular formula is C22H25ClFN3O4S. The van der Waals surface area contributed by atoms with Crippen molar-refractivity contribution in [2.75, 3.05) is 68.5 Å². The quantitative estimate of drug-likeness (QED) is 0.668. The number of anilines is 2. The van der Waals surface area contributed by atoms with Crippen molar-refractivity contribution in [3.8, 4) is 0 Å². The van der Waals surface area contributed by atoms with Gasteiger partial charge in [-0.05, 0) is 36.4 Å². The van der Waals surface area contributed by atoms with Crippen molar-refractivity contribution in [1.82, 2.24) is 4.90 Å². The molecule has 0 N–H and O–H groups in total. The fourth-order valence-electron chi connectivity index (χ4n) is 4.02. The van der Waals surface area contributed by atoms with Crippen molar-refractivity contribution in [3.63, 3.8) is 0 Å². The maximum absolute atomic E-state index is 13.5. The monoisotopic (exact) mass is 481 g/mol. The number of hydrogen-bond acceptors (Lipinski definition) is 6. The lowest BCUT2D eigenvalue weighted by Gasteiger charge is -2.37. The zero-order valence-electron chi connectivity index (χ0n) is 17.8. The SMILES string of the molecule is CS(=O)(=O)c1ccc(N2CCOCC2)c(C(=O)N2CCN(c3ccc(F)c(Cl)c3)CC2)c1. The van der Waals surface area contributed by atoms with Gasteiger partial charge >= 0.3 is 0 Å². The third kappa shape index (κ3) is 4.84. The van der Waals surface area contributed by atoms with Gasteiger partial charge in [0, 0.05) is 56.9 Å². The number of rotatable bonds is 4.